The molecule has 0 spiro atoms. The predicted molar refractivity (Wildman–Crippen MR) is 90.4 cm³/mol. The second-order valence-corrected chi connectivity index (χ2v) is 7.29. The monoisotopic (exact) mass is 282 g/mol. The molecular weight excluding hydrogens is 244 g/mol. The summed E-state index contributed by atoms with van der Waals surface area (Å²) in [5.74, 6) is 0. The molecule has 0 aromatic rings. The Balaban J connectivity index is 2.42. The molecular formula is C18H38N2. The van der Waals surface area contributed by atoms with Gasteiger partial charge in [0.15, 0.2) is 0 Å². The molecule has 0 N–H and O–H groups in total. The maximum absolute atomic E-state index is 2.76. The quantitative estimate of drug-likeness (QED) is 0.513. The zero-order valence-corrected chi connectivity index (χ0v) is 14.7. The van der Waals surface area contributed by atoms with Gasteiger partial charge in [-0.2, -0.15) is 0 Å². The van der Waals surface area contributed by atoms with Crippen LogP contribution >= 0.6 is 0 Å². The second-order valence-electron chi connectivity index (χ2n) is 7.29. The van der Waals surface area contributed by atoms with Crippen LogP contribution < -0.4 is 0 Å². The molecule has 0 saturated carbocycles. The smallest absolute Gasteiger partial charge is 0.0344 e. The Morgan fingerprint density at radius 2 is 1.40 bits per heavy atom. The van der Waals surface area contributed by atoms with Gasteiger partial charge in [0.25, 0.3) is 0 Å². The Kier molecular flexibility index (Phi) is 8.13. The standard InChI is InChI=1S/C18H38N2/c1-6-8-10-12-14-18(3,13-11-9-7-2)20-15-17(16-20)19(4)5/h17H,6-16H2,1-5H3. The average molecular weight is 283 g/mol. The molecule has 1 atom stereocenters. The van der Waals surface area contributed by atoms with Gasteiger partial charge in [0.2, 0.25) is 0 Å². The molecule has 20 heavy (non-hydrogen) atoms. The molecule has 120 valence electrons. The van der Waals surface area contributed by atoms with Crippen LogP contribution in [0.15, 0.2) is 0 Å². The van der Waals surface area contributed by atoms with E-state index in [9.17, 15) is 0 Å². The number of hydrogen-bond donors (Lipinski definition) is 0. The van der Waals surface area contributed by atoms with Gasteiger partial charge < -0.3 is 4.90 Å². The summed E-state index contributed by atoms with van der Waals surface area (Å²) in [6.45, 7) is 9.70. The minimum atomic E-state index is 0.468. The van der Waals surface area contributed by atoms with Gasteiger partial charge >= 0.3 is 0 Å². The number of likely N-dealkylation sites (N-methyl/N-ethyl adjacent to an activating group) is 1. The van der Waals surface area contributed by atoms with Crippen LogP contribution in [0, 0.1) is 0 Å². The maximum Gasteiger partial charge on any atom is 0.0344 e. The van der Waals surface area contributed by atoms with Crippen LogP contribution in [0.2, 0.25) is 0 Å². The van der Waals surface area contributed by atoms with Crippen molar-refractivity contribution in [2.75, 3.05) is 27.2 Å². The van der Waals surface area contributed by atoms with Gasteiger partial charge in [-0.3, -0.25) is 4.90 Å². The van der Waals surface area contributed by atoms with Crippen molar-refractivity contribution in [3.8, 4) is 0 Å². The number of rotatable bonds is 11. The van der Waals surface area contributed by atoms with Crippen molar-refractivity contribution in [2.24, 2.45) is 0 Å². The lowest BCUT2D eigenvalue weighted by Gasteiger charge is -2.53. The highest BCUT2D eigenvalue weighted by molar-refractivity contribution is 4.97. The SMILES string of the molecule is CCCCCCC(C)(CCCCC)N1CC(N(C)C)C1. The zero-order chi connectivity index (χ0) is 15.0. The van der Waals surface area contributed by atoms with Crippen LogP contribution in [0.3, 0.4) is 0 Å². The molecule has 1 unspecified atom stereocenters. The first kappa shape index (κ1) is 18.0. The molecule has 0 radical (unpaired) electrons. The normalized spacial score (nSPS) is 20.1. The molecule has 0 amide bonds. The van der Waals surface area contributed by atoms with Gasteiger partial charge in [-0.15, -0.1) is 0 Å². The van der Waals surface area contributed by atoms with Crippen molar-refractivity contribution in [1.82, 2.24) is 9.80 Å². The van der Waals surface area contributed by atoms with E-state index >= 15 is 0 Å². The summed E-state index contributed by atoms with van der Waals surface area (Å²) in [6, 6.07) is 0.788. The predicted octanol–water partition coefficient (Wildman–Crippen LogP) is 4.54. The molecule has 2 heteroatoms. The molecule has 2 nitrogen and oxygen atoms in total. The van der Waals surface area contributed by atoms with Crippen LogP contribution in [0.4, 0.5) is 0 Å². The first-order chi connectivity index (χ1) is 9.53. The molecule has 0 aromatic carbocycles. The summed E-state index contributed by atoms with van der Waals surface area (Å²) in [4.78, 5) is 5.15. The van der Waals surface area contributed by atoms with Crippen LogP contribution in [0.1, 0.15) is 78.6 Å². The summed E-state index contributed by atoms with van der Waals surface area (Å²) in [6.07, 6.45) is 12.5. The third-order valence-corrected chi connectivity index (χ3v) is 5.24. The van der Waals surface area contributed by atoms with E-state index in [2.05, 4.69) is 44.7 Å². The number of nitrogens with zero attached hydrogens (tertiary/aromatic N) is 2. The third kappa shape index (κ3) is 5.37. The number of unbranched alkanes of at least 4 members (excludes halogenated alkanes) is 5. The molecule has 1 heterocycles. The lowest BCUT2D eigenvalue weighted by molar-refractivity contribution is -0.0317. The molecule has 0 aromatic heterocycles. The first-order valence-corrected chi connectivity index (χ1v) is 8.95. The average Bonchev–Trinajstić information content (AvgIpc) is 2.33. The van der Waals surface area contributed by atoms with Gasteiger partial charge in [-0.05, 0) is 33.9 Å². The van der Waals surface area contributed by atoms with Crippen LogP contribution in [-0.2, 0) is 0 Å². The van der Waals surface area contributed by atoms with Gasteiger partial charge in [0, 0.05) is 24.7 Å². The number of likely N-dealkylation sites (tertiary alicyclic amines) is 1. The Labute approximate surface area is 127 Å². The van der Waals surface area contributed by atoms with Gasteiger partial charge in [0.1, 0.15) is 0 Å². The molecule has 0 aliphatic carbocycles. The third-order valence-electron chi connectivity index (χ3n) is 5.24. The Hall–Kier alpha value is -0.0800. The van der Waals surface area contributed by atoms with E-state index in [1.807, 2.05) is 0 Å². The summed E-state index contributed by atoms with van der Waals surface area (Å²) in [5, 5.41) is 0. The summed E-state index contributed by atoms with van der Waals surface area (Å²) >= 11 is 0. The van der Waals surface area contributed by atoms with E-state index in [0.717, 1.165) is 6.04 Å². The highest BCUT2D eigenvalue weighted by Gasteiger charge is 2.40. The fraction of sp³-hybridized carbons (Fsp3) is 1.00. The minimum Gasteiger partial charge on any atom is -0.304 e. The van der Waals surface area contributed by atoms with Crippen LogP contribution in [-0.4, -0.2) is 48.6 Å². The van der Waals surface area contributed by atoms with Gasteiger partial charge in [-0.1, -0.05) is 58.8 Å². The fourth-order valence-electron chi connectivity index (χ4n) is 3.35. The lowest BCUT2D eigenvalue weighted by Crippen LogP contribution is -2.64. The van der Waals surface area contributed by atoms with E-state index in [0.29, 0.717) is 5.54 Å². The van der Waals surface area contributed by atoms with Crippen molar-refractivity contribution in [2.45, 2.75) is 90.1 Å². The van der Waals surface area contributed by atoms with Crippen molar-refractivity contribution < 1.29 is 0 Å². The molecule has 1 aliphatic rings. The van der Waals surface area contributed by atoms with E-state index in [4.69, 9.17) is 0 Å². The zero-order valence-electron chi connectivity index (χ0n) is 14.7. The van der Waals surface area contributed by atoms with Gasteiger partial charge in [-0.25, -0.2) is 0 Å². The van der Waals surface area contributed by atoms with E-state index < -0.39 is 0 Å². The molecule has 1 rings (SSSR count). The first-order valence-electron chi connectivity index (χ1n) is 8.95. The Morgan fingerprint density at radius 1 is 0.900 bits per heavy atom. The molecule has 0 bridgehead atoms. The Bertz CT molecular complexity index is 246. The fourth-order valence-corrected chi connectivity index (χ4v) is 3.35. The largest absolute Gasteiger partial charge is 0.304 e. The lowest BCUT2D eigenvalue weighted by atomic mass is 9.83. The molecule has 1 aliphatic heterocycles. The number of hydrogen-bond acceptors (Lipinski definition) is 2. The minimum absolute atomic E-state index is 0.468. The van der Waals surface area contributed by atoms with Crippen LogP contribution in [0.5, 0.6) is 0 Å². The van der Waals surface area contributed by atoms with Gasteiger partial charge in [0.05, 0.1) is 0 Å². The highest BCUT2D eigenvalue weighted by atomic mass is 15.3. The second kappa shape index (κ2) is 9.04. The van der Waals surface area contributed by atoms with Crippen molar-refractivity contribution in [1.29, 1.82) is 0 Å². The van der Waals surface area contributed by atoms with Crippen molar-refractivity contribution in [3.63, 3.8) is 0 Å². The van der Waals surface area contributed by atoms with E-state index in [-0.39, 0.29) is 0 Å². The topological polar surface area (TPSA) is 6.48 Å². The maximum atomic E-state index is 2.76. The van der Waals surface area contributed by atoms with Crippen molar-refractivity contribution in [3.05, 3.63) is 0 Å². The summed E-state index contributed by atoms with van der Waals surface area (Å²) in [5.41, 5.74) is 0.468. The highest BCUT2D eigenvalue weighted by Crippen LogP contribution is 2.33. The molecule has 1 saturated heterocycles. The summed E-state index contributed by atoms with van der Waals surface area (Å²) < 4.78 is 0. The Morgan fingerprint density at radius 3 is 1.90 bits per heavy atom. The van der Waals surface area contributed by atoms with E-state index in [1.165, 1.54) is 70.9 Å². The van der Waals surface area contributed by atoms with Crippen molar-refractivity contribution >= 4 is 0 Å². The molecule has 1 fully saturated rings. The summed E-state index contributed by atoms with van der Waals surface area (Å²) in [7, 11) is 4.44. The van der Waals surface area contributed by atoms with Crippen LogP contribution in [0.25, 0.3) is 0 Å². The van der Waals surface area contributed by atoms with E-state index in [1.54, 1.807) is 0 Å².